The summed E-state index contributed by atoms with van der Waals surface area (Å²) >= 11 is 0. The van der Waals surface area contributed by atoms with Crippen LogP contribution in [0.2, 0.25) is 0 Å². The summed E-state index contributed by atoms with van der Waals surface area (Å²) in [6.07, 6.45) is 1.66. The fourth-order valence-corrected chi connectivity index (χ4v) is 2.05. The number of H-pyrrole nitrogens is 1. The molecule has 0 saturated carbocycles. The van der Waals surface area contributed by atoms with Crippen LogP contribution < -0.4 is 5.32 Å². The lowest BCUT2D eigenvalue weighted by Gasteiger charge is -2.00. The van der Waals surface area contributed by atoms with E-state index in [1.807, 2.05) is 50.4 Å². The molecule has 2 aromatic heterocycles. The predicted molar refractivity (Wildman–Crippen MR) is 76.0 cm³/mol. The molecule has 96 valence electrons. The molecule has 0 atom stereocenters. The van der Waals surface area contributed by atoms with Crippen molar-refractivity contribution in [1.82, 2.24) is 9.97 Å². The lowest BCUT2D eigenvalue weighted by Crippen LogP contribution is -1.87. The van der Waals surface area contributed by atoms with Crippen molar-refractivity contribution in [2.24, 2.45) is 0 Å². The number of anilines is 1. The van der Waals surface area contributed by atoms with Gasteiger partial charge in [0.05, 0.1) is 6.26 Å². The number of aromatic nitrogens is 2. The average Bonchev–Trinajstić information content (AvgIpc) is 3.08. The van der Waals surface area contributed by atoms with Gasteiger partial charge in [0.2, 0.25) is 0 Å². The first kappa shape index (κ1) is 11.6. The van der Waals surface area contributed by atoms with Crippen LogP contribution in [0.3, 0.4) is 0 Å². The number of benzene rings is 1. The zero-order valence-corrected chi connectivity index (χ0v) is 10.9. The van der Waals surface area contributed by atoms with Crippen LogP contribution in [0.5, 0.6) is 0 Å². The summed E-state index contributed by atoms with van der Waals surface area (Å²) in [5.74, 6) is 1.64. The van der Waals surface area contributed by atoms with Gasteiger partial charge in [-0.15, -0.1) is 0 Å². The van der Waals surface area contributed by atoms with Gasteiger partial charge in [-0.05, 0) is 43.3 Å². The minimum absolute atomic E-state index is 0.784. The Morgan fingerprint density at radius 1 is 1.16 bits per heavy atom. The van der Waals surface area contributed by atoms with Gasteiger partial charge in [0.1, 0.15) is 11.5 Å². The van der Waals surface area contributed by atoms with E-state index in [2.05, 4.69) is 15.3 Å². The first-order chi connectivity index (χ1) is 9.28. The van der Waals surface area contributed by atoms with E-state index in [9.17, 15) is 0 Å². The van der Waals surface area contributed by atoms with Crippen LogP contribution in [-0.2, 0) is 0 Å². The van der Waals surface area contributed by atoms with Gasteiger partial charge in [-0.3, -0.25) is 0 Å². The maximum absolute atomic E-state index is 5.39. The maximum Gasteiger partial charge on any atom is 0.154 e. The number of furan rings is 1. The topological polar surface area (TPSA) is 53.9 Å². The quantitative estimate of drug-likeness (QED) is 0.748. The molecule has 4 heteroatoms. The van der Waals surface area contributed by atoms with E-state index < -0.39 is 0 Å². The summed E-state index contributed by atoms with van der Waals surface area (Å²) in [4.78, 5) is 7.90. The molecular weight excluding hydrogens is 238 g/mol. The Bertz CT molecular complexity index is 666. The van der Waals surface area contributed by atoms with E-state index in [1.165, 1.54) is 0 Å². The van der Waals surface area contributed by atoms with Crippen LogP contribution in [0.15, 0.2) is 47.1 Å². The molecule has 0 aliphatic rings. The van der Waals surface area contributed by atoms with E-state index in [0.29, 0.717) is 0 Å². The highest BCUT2D eigenvalue weighted by molar-refractivity contribution is 5.65. The van der Waals surface area contributed by atoms with E-state index in [4.69, 9.17) is 4.42 Å². The molecular formula is C15H15N3O. The van der Waals surface area contributed by atoms with Crippen LogP contribution in [0.1, 0.15) is 5.69 Å². The molecule has 3 rings (SSSR count). The summed E-state index contributed by atoms with van der Waals surface area (Å²) in [6.45, 7) is 2.00. The van der Waals surface area contributed by atoms with Crippen LogP contribution in [-0.4, -0.2) is 17.0 Å². The summed E-state index contributed by atoms with van der Waals surface area (Å²) < 4.78 is 5.39. The molecule has 19 heavy (non-hydrogen) atoms. The Balaban J connectivity index is 1.99. The van der Waals surface area contributed by atoms with Crippen molar-refractivity contribution in [3.63, 3.8) is 0 Å². The Morgan fingerprint density at radius 2 is 1.95 bits per heavy atom. The monoisotopic (exact) mass is 253 g/mol. The molecule has 0 spiro atoms. The van der Waals surface area contributed by atoms with Crippen LogP contribution in [0, 0.1) is 6.92 Å². The molecule has 0 fully saturated rings. The fraction of sp³-hybridized carbons (Fsp3) is 0.133. The zero-order valence-electron chi connectivity index (χ0n) is 10.9. The largest absolute Gasteiger partial charge is 0.463 e. The first-order valence-corrected chi connectivity index (χ1v) is 6.16. The number of hydrogen-bond acceptors (Lipinski definition) is 3. The Labute approximate surface area is 111 Å². The van der Waals surface area contributed by atoms with Crippen LogP contribution in [0.25, 0.3) is 22.8 Å². The second-order valence-electron chi connectivity index (χ2n) is 4.36. The Kier molecular flexibility index (Phi) is 2.83. The van der Waals surface area contributed by atoms with Crippen molar-refractivity contribution < 1.29 is 4.42 Å². The molecule has 0 amide bonds. The molecule has 0 saturated heterocycles. The summed E-state index contributed by atoms with van der Waals surface area (Å²) in [5, 5.41) is 3.10. The van der Waals surface area contributed by atoms with Gasteiger partial charge >= 0.3 is 0 Å². The molecule has 2 heterocycles. The molecule has 3 aromatic rings. The number of nitrogens with zero attached hydrogens (tertiary/aromatic N) is 1. The van der Waals surface area contributed by atoms with Crippen LogP contribution >= 0.6 is 0 Å². The first-order valence-electron chi connectivity index (χ1n) is 6.16. The predicted octanol–water partition coefficient (Wildman–Crippen LogP) is 3.69. The summed E-state index contributed by atoms with van der Waals surface area (Å²) in [7, 11) is 1.90. The van der Waals surface area contributed by atoms with Crippen molar-refractivity contribution >= 4 is 5.69 Å². The van der Waals surface area contributed by atoms with Gasteiger partial charge in [-0.2, -0.15) is 0 Å². The van der Waals surface area contributed by atoms with Crippen molar-refractivity contribution in [2.45, 2.75) is 6.92 Å². The summed E-state index contributed by atoms with van der Waals surface area (Å²) in [5.41, 5.74) is 4.00. The standard InChI is InChI=1S/C15H15N3O/c1-10-14(13-4-3-9-19-13)18-15(17-10)11-5-7-12(16-2)8-6-11/h3-9,16H,1-2H3,(H,17,18). The fourth-order valence-electron chi connectivity index (χ4n) is 2.05. The minimum atomic E-state index is 0.784. The third-order valence-corrected chi connectivity index (χ3v) is 3.09. The Hall–Kier alpha value is -2.49. The number of hydrogen-bond donors (Lipinski definition) is 2. The second-order valence-corrected chi connectivity index (χ2v) is 4.36. The van der Waals surface area contributed by atoms with Crippen molar-refractivity contribution in [3.05, 3.63) is 48.4 Å². The number of aromatic amines is 1. The van der Waals surface area contributed by atoms with Gasteiger partial charge in [-0.25, -0.2) is 4.98 Å². The molecule has 0 radical (unpaired) electrons. The van der Waals surface area contributed by atoms with Gasteiger partial charge < -0.3 is 14.7 Å². The van der Waals surface area contributed by atoms with Gasteiger partial charge in [0, 0.05) is 24.0 Å². The van der Waals surface area contributed by atoms with Crippen molar-refractivity contribution in [3.8, 4) is 22.8 Å². The van der Waals surface area contributed by atoms with Crippen molar-refractivity contribution in [2.75, 3.05) is 12.4 Å². The number of imidazole rings is 1. The highest BCUT2D eigenvalue weighted by atomic mass is 16.3. The second kappa shape index (κ2) is 4.65. The molecule has 0 aliphatic carbocycles. The molecule has 0 aliphatic heterocycles. The van der Waals surface area contributed by atoms with E-state index in [1.54, 1.807) is 6.26 Å². The molecule has 4 nitrogen and oxygen atoms in total. The maximum atomic E-state index is 5.39. The lowest BCUT2D eigenvalue weighted by atomic mass is 10.2. The van der Waals surface area contributed by atoms with Gasteiger partial charge in [-0.1, -0.05) is 0 Å². The molecule has 1 aromatic carbocycles. The normalized spacial score (nSPS) is 10.6. The number of aryl methyl sites for hydroxylation is 1. The average molecular weight is 253 g/mol. The molecule has 0 bridgehead atoms. The van der Waals surface area contributed by atoms with E-state index >= 15 is 0 Å². The molecule has 0 unspecified atom stereocenters. The van der Waals surface area contributed by atoms with Crippen molar-refractivity contribution in [1.29, 1.82) is 0 Å². The highest BCUT2D eigenvalue weighted by Gasteiger charge is 2.12. The van der Waals surface area contributed by atoms with E-state index in [0.717, 1.165) is 34.2 Å². The minimum Gasteiger partial charge on any atom is -0.463 e. The zero-order chi connectivity index (χ0) is 13.2. The number of rotatable bonds is 3. The highest BCUT2D eigenvalue weighted by Crippen LogP contribution is 2.26. The Morgan fingerprint density at radius 3 is 2.58 bits per heavy atom. The smallest absolute Gasteiger partial charge is 0.154 e. The van der Waals surface area contributed by atoms with E-state index in [-0.39, 0.29) is 0 Å². The third-order valence-electron chi connectivity index (χ3n) is 3.09. The molecule has 2 N–H and O–H groups in total. The third kappa shape index (κ3) is 2.12. The lowest BCUT2D eigenvalue weighted by molar-refractivity contribution is 0.580. The van der Waals surface area contributed by atoms with Gasteiger partial charge in [0.15, 0.2) is 5.76 Å². The number of nitrogens with one attached hydrogen (secondary N) is 2. The SMILES string of the molecule is CNc1ccc(-c2nc(-c3ccco3)c(C)[nH]2)cc1. The van der Waals surface area contributed by atoms with Gasteiger partial charge in [0.25, 0.3) is 0 Å². The van der Waals surface area contributed by atoms with Crippen LogP contribution in [0.4, 0.5) is 5.69 Å². The summed E-state index contributed by atoms with van der Waals surface area (Å²) in [6, 6.07) is 11.9.